The predicted molar refractivity (Wildman–Crippen MR) is 101 cm³/mol. The van der Waals surface area contributed by atoms with Gasteiger partial charge >= 0.3 is 0 Å². The SMILES string of the molecule is CCNC(=NCC(C)(C)SC)NCC1CCOc2ccccc21. The number of fused-ring (bicyclic) bond motifs is 1. The standard InChI is InChI=1S/C18H29N3OS/c1-5-19-17(21-13-18(2,3)23-4)20-12-14-10-11-22-16-9-7-6-8-15(14)16/h6-9,14H,5,10-13H2,1-4H3,(H2,19,20,21). The molecule has 0 spiro atoms. The normalized spacial score (nSPS) is 18.1. The van der Waals surface area contributed by atoms with Gasteiger partial charge in [-0.2, -0.15) is 11.8 Å². The van der Waals surface area contributed by atoms with Gasteiger partial charge in [-0.3, -0.25) is 4.99 Å². The second kappa shape index (κ2) is 8.48. The van der Waals surface area contributed by atoms with Crippen LogP contribution >= 0.6 is 11.8 Å². The van der Waals surface area contributed by atoms with Gasteiger partial charge in [-0.15, -0.1) is 0 Å². The van der Waals surface area contributed by atoms with Gasteiger partial charge in [-0.1, -0.05) is 18.2 Å². The molecule has 23 heavy (non-hydrogen) atoms. The van der Waals surface area contributed by atoms with E-state index in [2.05, 4.69) is 55.9 Å². The minimum absolute atomic E-state index is 0.160. The lowest BCUT2D eigenvalue weighted by Crippen LogP contribution is -2.41. The molecule has 0 saturated heterocycles. The Labute approximate surface area is 144 Å². The average molecular weight is 336 g/mol. The third-order valence-electron chi connectivity index (χ3n) is 4.11. The Balaban J connectivity index is 1.98. The van der Waals surface area contributed by atoms with Crippen molar-refractivity contribution in [2.24, 2.45) is 4.99 Å². The van der Waals surface area contributed by atoms with Crippen LogP contribution in [-0.2, 0) is 0 Å². The molecule has 1 aromatic carbocycles. The Morgan fingerprint density at radius 2 is 2.13 bits per heavy atom. The van der Waals surface area contributed by atoms with E-state index in [-0.39, 0.29) is 4.75 Å². The highest BCUT2D eigenvalue weighted by molar-refractivity contribution is 7.99. The molecule has 4 nitrogen and oxygen atoms in total. The Hall–Kier alpha value is -1.36. The van der Waals surface area contributed by atoms with Crippen molar-refractivity contribution in [3.8, 4) is 5.75 Å². The van der Waals surface area contributed by atoms with Gasteiger partial charge in [0.25, 0.3) is 0 Å². The van der Waals surface area contributed by atoms with Crippen molar-refractivity contribution >= 4 is 17.7 Å². The number of thioether (sulfide) groups is 1. The highest BCUT2D eigenvalue weighted by Gasteiger charge is 2.21. The van der Waals surface area contributed by atoms with E-state index in [4.69, 9.17) is 9.73 Å². The summed E-state index contributed by atoms with van der Waals surface area (Å²) in [6.07, 6.45) is 3.18. The molecule has 2 rings (SSSR count). The number of guanidine groups is 1. The van der Waals surface area contributed by atoms with Crippen LogP contribution in [0.1, 0.15) is 38.7 Å². The maximum Gasteiger partial charge on any atom is 0.191 e. The summed E-state index contributed by atoms with van der Waals surface area (Å²) in [6.45, 7) is 9.88. The number of nitrogens with one attached hydrogen (secondary N) is 2. The van der Waals surface area contributed by atoms with Gasteiger partial charge in [0.05, 0.1) is 13.2 Å². The molecular formula is C18H29N3OS. The highest BCUT2D eigenvalue weighted by Crippen LogP contribution is 2.32. The summed E-state index contributed by atoms with van der Waals surface area (Å²) in [5.41, 5.74) is 1.30. The molecule has 128 valence electrons. The molecule has 1 atom stereocenters. The number of rotatable bonds is 6. The van der Waals surface area contributed by atoms with Gasteiger partial charge < -0.3 is 15.4 Å². The Bertz CT molecular complexity index is 531. The number of para-hydroxylation sites is 1. The van der Waals surface area contributed by atoms with Crippen LogP contribution in [0.2, 0.25) is 0 Å². The summed E-state index contributed by atoms with van der Waals surface area (Å²) in [4.78, 5) is 4.74. The zero-order valence-corrected chi connectivity index (χ0v) is 15.5. The maximum atomic E-state index is 5.74. The largest absolute Gasteiger partial charge is 0.493 e. The molecule has 0 aliphatic carbocycles. The van der Waals surface area contributed by atoms with Crippen LogP contribution < -0.4 is 15.4 Å². The Kier molecular flexibility index (Phi) is 6.63. The van der Waals surface area contributed by atoms with Crippen molar-refractivity contribution in [3.05, 3.63) is 29.8 Å². The lowest BCUT2D eigenvalue weighted by Gasteiger charge is -2.27. The van der Waals surface area contributed by atoms with Gasteiger partial charge in [0, 0.05) is 23.8 Å². The van der Waals surface area contributed by atoms with Gasteiger partial charge in [-0.05, 0) is 45.1 Å². The summed E-state index contributed by atoms with van der Waals surface area (Å²) in [5.74, 6) is 2.40. The van der Waals surface area contributed by atoms with Crippen molar-refractivity contribution in [1.29, 1.82) is 0 Å². The average Bonchev–Trinajstić information content (AvgIpc) is 2.57. The van der Waals surface area contributed by atoms with Crippen LogP contribution in [-0.4, -0.2) is 43.2 Å². The molecule has 1 aliphatic heterocycles. The van der Waals surface area contributed by atoms with Crippen molar-refractivity contribution in [2.75, 3.05) is 32.5 Å². The quantitative estimate of drug-likeness (QED) is 0.619. The fourth-order valence-corrected chi connectivity index (χ4v) is 2.72. The summed E-state index contributed by atoms with van der Waals surface area (Å²) >= 11 is 1.84. The fraction of sp³-hybridized carbons (Fsp3) is 0.611. The zero-order chi connectivity index (χ0) is 16.7. The molecule has 1 unspecified atom stereocenters. The van der Waals surface area contributed by atoms with Crippen LogP contribution in [0.4, 0.5) is 0 Å². The lowest BCUT2D eigenvalue weighted by atomic mass is 9.93. The van der Waals surface area contributed by atoms with Crippen molar-refractivity contribution in [1.82, 2.24) is 10.6 Å². The predicted octanol–water partition coefficient (Wildman–Crippen LogP) is 3.25. The molecular weight excluding hydrogens is 306 g/mol. The third-order valence-corrected chi connectivity index (χ3v) is 5.35. The van der Waals surface area contributed by atoms with Gasteiger partial charge in [0.2, 0.25) is 0 Å². The van der Waals surface area contributed by atoms with E-state index in [1.807, 2.05) is 17.8 Å². The number of aliphatic imine (C=N–C) groups is 1. The number of hydrogen-bond donors (Lipinski definition) is 2. The van der Waals surface area contributed by atoms with E-state index in [9.17, 15) is 0 Å². The molecule has 0 radical (unpaired) electrons. The van der Waals surface area contributed by atoms with E-state index in [1.54, 1.807) is 0 Å². The van der Waals surface area contributed by atoms with Crippen LogP contribution in [0.3, 0.4) is 0 Å². The number of nitrogens with zero attached hydrogens (tertiary/aromatic N) is 1. The molecule has 0 saturated carbocycles. The molecule has 1 aliphatic rings. The lowest BCUT2D eigenvalue weighted by molar-refractivity contribution is 0.267. The molecule has 0 bridgehead atoms. The van der Waals surface area contributed by atoms with Crippen molar-refractivity contribution in [3.63, 3.8) is 0 Å². The third kappa shape index (κ3) is 5.34. The monoisotopic (exact) mass is 335 g/mol. The van der Waals surface area contributed by atoms with E-state index in [0.29, 0.717) is 5.92 Å². The van der Waals surface area contributed by atoms with Gasteiger partial charge in [0.1, 0.15) is 5.75 Å². The summed E-state index contributed by atoms with van der Waals surface area (Å²) in [7, 11) is 0. The first-order valence-corrected chi connectivity index (χ1v) is 9.57. The number of ether oxygens (including phenoxy) is 1. The second-order valence-electron chi connectivity index (χ2n) is 6.41. The number of hydrogen-bond acceptors (Lipinski definition) is 3. The second-order valence-corrected chi connectivity index (χ2v) is 7.93. The first kappa shape index (κ1) is 18.0. The van der Waals surface area contributed by atoms with E-state index >= 15 is 0 Å². The molecule has 0 amide bonds. The minimum Gasteiger partial charge on any atom is -0.493 e. The Morgan fingerprint density at radius 1 is 1.35 bits per heavy atom. The topological polar surface area (TPSA) is 45.7 Å². The summed E-state index contributed by atoms with van der Waals surface area (Å²) in [5, 5.41) is 6.84. The van der Waals surface area contributed by atoms with Gasteiger partial charge in [0.15, 0.2) is 5.96 Å². The van der Waals surface area contributed by atoms with Crippen molar-refractivity contribution in [2.45, 2.75) is 37.9 Å². The van der Waals surface area contributed by atoms with E-state index in [0.717, 1.165) is 44.4 Å². The highest BCUT2D eigenvalue weighted by atomic mass is 32.2. The zero-order valence-electron chi connectivity index (χ0n) is 14.7. The van der Waals surface area contributed by atoms with Crippen LogP contribution in [0.25, 0.3) is 0 Å². The molecule has 1 aromatic rings. The van der Waals surface area contributed by atoms with E-state index in [1.165, 1.54) is 5.56 Å². The molecule has 0 aromatic heterocycles. The summed E-state index contributed by atoms with van der Waals surface area (Å²) in [6, 6.07) is 8.34. The minimum atomic E-state index is 0.160. The summed E-state index contributed by atoms with van der Waals surface area (Å²) < 4.78 is 5.90. The van der Waals surface area contributed by atoms with Crippen LogP contribution in [0.15, 0.2) is 29.3 Å². The van der Waals surface area contributed by atoms with Crippen molar-refractivity contribution < 1.29 is 4.74 Å². The fourth-order valence-electron chi connectivity index (χ4n) is 2.52. The molecule has 0 fully saturated rings. The maximum absolute atomic E-state index is 5.74. The van der Waals surface area contributed by atoms with Crippen LogP contribution in [0, 0.1) is 0 Å². The molecule has 2 N–H and O–H groups in total. The molecule has 1 heterocycles. The molecule has 5 heteroatoms. The Morgan fingerprint density at radius 3 is 2.87 bits per heavy atom. The number of benzene rings is 1. The first-order valence-electron chi connectivity index (χ1n) is 8.35. The van der Waals surface area contributed by atoms with E-state index < -0.39 is 0 Å². The first-order chi connectivity index (χ1) is 11.1. The van der Waals surface area contributed by atoms with Crippen LogP contribution in [0.5, 0.6) is 5.75 Å². The smallest absolute Gasteiger partial charge is 0.191 e. The van der Waals surface area contributed by atoms with Gasteiger partial charge in [-0.25, -0.2) is 0 Å².